The Bertz CT molecular complexity index is 1030. The molecule has 0 aliphatic heterocycles. The second-order valence-electron chi connectivity index (χ2n) is 6.54. The Balaban J connectivity index is 0.000000573. The second-order valence-corrected chi connectivity index (χ2v) is 6.54. The van der Waals surface area contributed by atoms with Crippen LogP contribution in [0.15, 0.2) is 54.9 Å². The quantitative estimate of drug-likeness (QED) is 0.217. The number of nitrogens with zero attached hydrogens (tertiary/aromatic N) is 5. The summed E-state index contributed by atoms with van der Waals surface area (Å²) in [6, 6.07) is 16.5. The number of nitrogens with one attached hydrogen (secondary N) is 1. The van der Waals surface area contributed by atoms with Gasteiger partial charge in [0.2, 0.25) is 5.82 Å². The number of alkyl halides is 2. The molecule has 1 heterocycles. The van der Waals surface area contributed by atoms with Crippen LogP contribution in [0.3, 0.4) is 0 Å². The second kappa shape index (κ2) is 22.1. The molecule has 37 heavy (non-hydrogen) atoms. The Kier molecular flexibility index (Phi) is 19.4. The van der Waals surface area contributed by atoms with Gasteiger partial charge in [0, 0.05) is 12.5 Å². The summed E-state index contributed by atoms with van der Waals surface area (Å²) in [5, 5.41) is 36.8. The molecule has 0 amide bonds. The summed E-state index contributed by atoms with van der Waals surface area (Å²) in [5.41, 5.74) is 7.76. The van der Waals surface area contributed by atoms with E-state index in [0.717, 1.165) is 30.0 Å². The van der Waals surface area contributed by atoms with E-state index >= 15 is 0 Å². The molecule has 0 atom stereocenters. The van der Waals surface area contributed by atoms with Crippen LogP contribution in [0.5, 0.6) is 0 Å². The third-order valence-corrected chi connectivity index (χ3v) is 3.68. The molecule has 0 fully saturated rings. The predicted octanol–water partition coefficient (Wildman–Crippen LogP) is 3.11. The van der Waals surface area contributed by atoms with Crippen molar-refractivity contribution in [3.05, 3.63) is 71.5 Å². The van der Waals surface area contributed by atoms with Gasteiger partial charge in [-0.25, -0.2) is 8.78 Å². The van der Waals surface area contributed by atoms with Crippen molar-refractivity contribution in [1.29, 1.82) is 10.7 Å². The molecule has 1 aromatic heterocycles. The predicted molar refractivity (Wildman–Crippen MR) is 132 cm³/mol. The fourth-order valence-electron chi connectivity index (χ4n) is 2.23. The number of rotatable bonds is 9. The zero-order valence-corrected chi connectivity index (χ0v) is 20.3. The standard InChI is InChI=1S/C11H11FN4O.C10H10FNO.C2H4O2.CH4N2/c12-5-6-17-7-9-1-3-10(4-2-9)11-15-13-8-14-16-11;11-5-6-13-8-10-3-1-9(7-12)2-4-10;1-2(3)4;2-1-3/h1-4,8H,5-7H2;1-4H,5-6,8H2;1H3,(H,3,4);1H,(H3,2,3). The van der Waals surface area contributed by atoms with E-state index in [0.29, 0.717) is 24.6 Å². The highest BCUT2D eigenvalue weighted by molar-refractivity contribution is 5.63. The SMILES string of the molecule is CC(=O)O.FCCOCc1ccc(-c2nncnn2)cc1.N#Cc1ccc(COCCF)cc1.N=CN. The molecule has 0 saturated heterocycles. The van der Waals surface area contributed by atoms with E-state index < -0.39 is 19.3 Å². The molecule has 0 aliphatic rings. The molecule has 0 bridgehead atoms. The average Bonchev–Trinajstić information content (AvgIpc) is 2.91. The van der Waals surface area contributed by atoms with E-state index in [9.17, 15) is 8.78 Å². The van der Waals surface area contributed by atoms with Crippen molar-refractivity contribution in [1.82, 2.24) is 20.4 Å². The normalized spacial score (nSPS) is 9.14. The van der Waals surface area contributed by atoms with Crippen molar-refractivity contribution >= 4 is 12.3 Å². The largest absolute Gasteiger partial charge is 0.481 e. The van der Waals surface area contributed by atoms with Crippen molar-refractivity contribution in [2.24, 2.45) is 5.73 Å². The Morgan fingerprint density at radius 3 is 1.78 bits per heavy atom. The summed E-state index contributed by atoms with van der Waals surface area (Å²) in [6.07, 6.45) is 2.03. The molecule has 11 nitrogen and oxygen atoms in total. The minimum Gasteiger partial charge on any atom is -0.481 e. The van der Waals surface area contributed by atoms with E-state index in [4.69, 9.17) is 30.0 Å². The molecule has 0 unspecified atom stereocenters. The van der Waals surface area contributed by atoms with Crippen LogP contribution in [0.4, 0.5) is 8.78 Å². The van der Waals surface area contributed by atoms with Crippen molar-refractivity contribution < 1.29 is 28.2 Å². The van der Waals surface area contributed by atoms with Gasteiger partial charge >= 0.3 is 0 Å². The van der Waals surface area contributed by atoms with E-state index in [1.807, 2.05) is 30.3 Å². The van der Waals surface area contributed by atoms with Crippen LogP contribution in [-0.2, 0) is 27.5 Å². The van der Waals surface area contributed by atoms with Gasteiger partial charge in [-0.15, -0.1) is 20.4 Å². The fourth-order valence-corrected chi connectivity index (χ4v) is 2.23. The molecular weight excluding hydrogens is 488 g/mol. The first kappa shape index (κ1) is 32.6. The number of carbonyl (C=O) groups is 1. The molecule has 3 rings (SSSR count). The van der Waals surface area contributed by atoms with Crippen LogP contribution in [0, 0.1) is 16.7 Å². The molecule has 198 valence electrons. The lowest BCUT2D eigenvalue weighted by Crippen LogP contribution is -1.97. The van der Waals surface area contributed by atoms with Crippen LogP contribution < -0.4 is 5.73 Å². The number of halogens is 2. The number of aliphatic carboxylic acids is 1. The molecule has 13 heteroatoms. The summed E-state index contributed by atoms with van der Waals surface area (Å²) in [4.78, 5) is 9.00. The minimum atomic E-state index is -0.833. The van der Waals surface area contributed by atoms with Crippen molar-refractivity contribution in [3.8, 4) is 17.5 Å². The third kappa shape index (κ3) is 17.6. The summed E-state index contributed by atoms with van der Waals surface area (Å²) < 4.78 is 33.5. The third-order valence-electron chi connectivity index (χ3n) is 3.68. The lowest BCUT2D eigenvalue weighted by Gasteiger charge is -2.03. The Morgan fingerprint density at radius 1 is 1.00 bits per heavy atom. The fraction of sp³-hybridized carbons (Fsp3) is 0.292. The molecule has 4 N–H and O–H groups in total. The minimum absolute atomic E-state index is 0.122. The van der Waals surface area contributed by atoms with Crippen molar-refractivity contribution in [2.45, 2.75) is 20.1 Å². The van der Waals surface area contributed by atoms with Gasteiger partial charge in [-0.1, -0.05) is 36.4 Å². The first-order chi connectivity index (χ1) is 17.9. The Morgan fingerprint density at radius 2 is 1.41 bits per heavy atom. The number of ether oxygens (including phenoxy) is 2. The first-order valence-electron chi connectivity index (χ1n) is 10.7. The molecular formula is C24H29F2N7O4. The number of hydrogen-bond donors (Lipinski definition) is 3. The van der Waals surface area contributed by atoms with E-state index in [-0.39, 0.29) is 13.2 Å². The zero-order chi connectivity index (χ0) is 27.7. The van der Waals surface area contributed by atoms with Gasteiger partial charge in [0.15, 0.2) is 6.33 Å². The van der Waals surface area contributed by atoms with Gasteiger partial charge in [-0.2, -0.15) is 5.26 Å². The van der Waals surface area contributed by atoms with Gasteiger partial charge in [0.1, 0.15) is 13.3 Å². The highest BCUT2D eigenvalue weighted by Gasteiger charge is 2.01. The zero-order valence-electron chi connectivity index (χ0n) is 20.3. The Labute approximate surface area is 213 Å². The number of nitrogens with two attached hydrogens (primary N) is 1. The lowest BCUT2D eigenvalue weighted by atomic mass is 10.1. The average molecular weight is 518 g/mol. The number of benzene rings is 2. The number of aromatic nitrogens is 4. The van der Waals surface area contributed by atoms with Gasteiger partial charge in [-0.05, 0) is 23.3 Å². The van der Waals surface area contributed by atoms with Gasteiger partial charge in [0.25, 0.3) is 5.97 Å². The first-order valence-corrected chi connectivity index (χ1v) is 10.7. The molecule has 3 aromatic rings. The molecule has 0 spiro atoms. The van der Waals surface area contributed by atoms with Crippen molar-refractivity contribution in [3.63, 3.8) is 0 Å². The van der Waals surface area contributed by atoms with Gasteiger partial charge in [0.05, 0.1) is 44.4 Å². The maximum atomic E-state index is 11.8. The number of carboxylic acid groups (broad SMARTS) is 1. The van der Waals surface area contributed by atoms with Gasteiger partial charge < -0.3 is 20.3 Å². The maximum Gasteiger partial charge on any atom is 0.300 e. The monoisotopic (exact) mass is 517 g/mol. The number of nitriles is 1. The summed E-state index contributed by atoms with van der Waals surface area (Å²) in [7, 11) is 0. The molecule has 0 saturated carbocycles. The lowest BCUT2D eigenvalue weighted by molar-refractivity contribution is -0.134. The van der Waals surface area contributed by atoms with Crippen molar-refractivity contribution in [2.75, 3.05) is 26.6 Å². The highest BCUT2D eigenvalue weighted by atomic mass is 19.1. The number of hydrogen-bond acceptors (Lipinski definition) is 9. The van der Waals surface area contributed by atoms with Crippen LogP contribution in [0.25, 0.3) is 11.4 Å². The van der Waals surface area contributed by atoms with E-state index in [1.54, 1.807) is 24.3 Å². The summed E-state index contributed by atoms with van der Waals surface area (Å²) in [6.45, 7) is 1.20. The number of carboxylic acids is 1. The van der Waals surface area contributed by atoms with Crippen LogP contribution in [0.2, 0.25) is 0 Å². The van der Waals surface area contributed by atoms with Crippen LogP contribution in [0.1, 0.15) is 23.6 Å². The highest BCUT2D eigenvalue weighted by Crippen LogP contribution is 2.14. The molecule has 2 aromatic carbocycles. The summed E-state index contributed by atoms with van der Waals surface area (Å²) >= 11 is 0. The topological polar surface area (TPSA) is 181 Å². The molecule has 0 aliphatic carbocycles. The smallest absolute Gasteiger partial charge is 0.300 e. The van der Waals surface area contributed by atoms with E-state index in [2.05, 4.69) is 26.1 Å². The Hall–Kier alpha value is -4.41. The maximum absolute atomic E-state index is 11.8. The summed E-state index contributed by atoms with van der Waals surface area (Å²) in [5.74, 6) is -0.358. The van der Waals surface area contributed by atoms with Crippen LogP contribution >= 0.6 is 0 Å². The van der Waals surface area contributed by atoms with Crippen LogP contribution in [-0.4, -0.2) is 64.4 Å². The molecule has 0 radical (unpaired) electrons. The van der Waals surface area contributed by atoms with E-state index in [1.165, 1.54) is 6.33 Å². The van der Waals surface area contributed by atoms with Gasteiger partial charge in [-0.3, -0.25) is 10.2 Å².